The molecular formula is C27H26FN3O3. The molecule has 174 valence electrons. The molecule has 0 saturated carbocycles. The van der Waals surface area contributed by atoms with Crippen molar-refractivity contribution < 1.29 is 18.7 Å². The lowest BCUT2D eigenvalue weighted by Crippen LogP contribution is -2.37. The number of pyridine rings is 1. The van der Waals surface area contributed by atoms with Crippen LogP contribution >= 0.6 is 0 Å². The van der Waals surface area contributed by atoms with Crippen LogP contribution in [-0.4, -0.2) is 42.7 Å². The molecule has 4 rings (SSSR count). The molecule has 1 N–H and O–H groups in total. The summed E-state index contributed by atoms with van der Waals surface area (Å²) in [6.07, 6.45) is 1.82. The summed E-state index contributed by atoms with van der Waals surface area (Å²) in [4.78, 5) is 6.61. The highest BCUT2D eigenvalue weighted by Crippen LogP contribution is 2.47. The Morgan fingerprint density at radius 1 is 1.18 bits per heavy atom. The number of furan rings is 1. The third-order valence-corrected chi connectivity index (χ3v) is 6.01. The van der Waals surface area contributed by atoms with Gasteiger partial charge in [-0.15, -0.1) is 0 Å². The van der Waals surface area contributed by atoms with Gasteiger partial charge in [0.15, 0.2) is 0 Å². The van der Waals surface area contributed by atoms with Gasteiger partial charge in [-0.3, -0.25) is 0 Å². The molecule has 0 aliphatic carbocycles. The zero-order chi connectivity index (χ0) is 24.3. The summed E-state index contributed by atoms with van der Waals surface area (Å²) in [6, 6.07) is 18.7. The number of fused-ring (bicyclic) bond motifs is 1. The first-order chi connectivity index (χ1) is 16.4. The number of halogens is 1. The van der Waals surface area contributed by atoms with Gasteiger partial charge in [-0.2, -0.15) is 5.26 Å². The second kappa shape index (κ2) is 9.64. The predicted molar refractivity (Wildman–Crippen MR) is 127 cm³/mol. The van der Waals surface area contributed by atoms with Crippen LogP contribution in [0.15, 0.2) is 71.3 Å². The SMILES string of the molecule is COc1nc2ccc(C#N)cc2cc1C(c1ccco1)C(O)(CCN(C)C)c1cccc(F)c1. The van der Waals surface area contributed by atoms with E-state index < -0.39 is 17.3 Å². The van der Waals surface area contributed by atoms with E-state index in [1.807, 2.05) is 25.1 Å². The third-order valence-electron chi connectivity index (χ3n) is 6.01. The van der Waals surface area contributed by atoms with E-state index in [1.165, 1.54) is 25.5 Å². The number of nitriles is 1. The lowest BCUT2D eigenvalue weighted by molar-refractivity contribution is -0.00193. The van der Waals surface area contributed by atoms with Crippen LogP contribution in [0, 0.1) is 17.1 Å². The molecule has 2 heterocycles. The van der Waals surface area contributed by atoms with Crippen molar-refractivity contribution in [2.24, 2.45) is 0 Å². The summed E-state index contributed by atoms with van der Waals surface area (Å²) in [7, 11) is 5.34. The minimum atomic E-state index is -1.56. The molecule has 2 aromatic carbocycles. The van der Waals surface area contributed by atoms with Gasteiger partial charge >= 0.3 is 0 Å². The summed E-state index contributed by atoms with van der Waals surface area (Å²) in [5.41, 5.74) is 0.585. The van der Waals surface area contributed by atoms with E-state index in [4.69, 9.17) is 9.15 Å². The molecular weight excluding hydrogens is 433 g/mol. The van der Waals surface area contributed by atoms with Crippen LogP contribution in [0.25, 0.3) is 10.9 Å². The van der Waals surface area contributed by atoms with E-state index in [-0.39, 0.29) is 6.42 Å². The minimum Gasteiger partial charge on any atom is -0.481 e. The molecule has 0 fully saturated rings. The number of methoxy groups -OCH3 is 1. The Hall–Kier alpha value is -3.73. The van der Waals surface area contributed by atoms with Crippen molar-refractivity contribution in [2.45, 2.75) is 17.9 Å². The lowest BCUT2D eigenvalue weighted by atomic mass is 9.73. The van der Waals surface area contributed by atoms with Gasteiger partial charge in [-0.25, -0.2) is 9.37 Å². The van der Waals surface area contributed by atoms with E-state index in [9.17, 15) is 14.8 Å². The Morgan fingerprint density at radius 2 is 2.00 bits per heavy atom. The number of ether oxygens (including phenoxy) is 1. The first-order valence-electron chi connectivity index (χ1n) is 10.9. The fourth-order valence-corrected chi connectivity index (χ4v) is 4.32. The van der Waals surface area contributed by atoms with Gasteiger partial charge < -0.3 is 19.2 Å². The quantitative estimate of drug-likeness (QED) is 0.407. The van der Waals surface area contributed by atoms with Crippen molar-refractivity contribution in [2.75, 3.05) is 27.7 Å². The number of benzene rings is 2. The molecule has 6 nitrogen and oxygen atoms in total. The molecule has 0 bridgehead atoms. The highest BCUT2D eigenvalue weighted by molar-refractivity contribution is 5.82. The van der Waals surface area contributed by atoms with Crippen LogP contribution in [0.4, 0.5) is 4.39 Å². The van der Waals surface area contributed by atoms with Gasteiger partial charge in [0.05, 0.1) is 36.4 Å². The minimum absolute atomic E-state index is 0.286. The average molecular weight is 460 g/mol. The van der Waals surface area contributed by atoms with E-state index in [1.54, 1.807) is 42.5 Å². The molecule has 2 aromatic heterocycles. The van der Waals surface area contributed by atoms with Gasteiger partial charge in [0.1, 0.15) is 17.2 Å². The zero-order valence-corrected chi connectivity index (χ0v) is 19.3. The predicted octanol–water partition coefficient (Wildman–Crippen LogP) is 4.82. The van der Waals surface area contributed by atoms with Crippen LogP contribution in [-0.2, 0) is 5.60 Å². The first-order valence-corrected chi connectivity index (χ1v) is 10.9. The smallest absolute Gasteiger partial charge is 0.217 e. The number of aliphatic hydroxyl groups is 1. The second-order valence-corrected chi connectivity index (χ2v) is 8.54. The summed E-state index contributed by atoms with van der Waals surface area (Å²) >= 11 is 0. The highest BCUT2D eigenvalue weighted by atomic mass is 19.1. The van der Waals surface area contributed by atoms with Crippen molar-refractivity contribution in [1.29, 1.82) is 5.26 Å². The molecule has 0 aliphatic heterocycles. The average Bonchev–Trinajstić information content (AvgIpc) is 3.36. The zero-order valence-electron chi connectivity index (χ0n) is 19.3. The molecule has 0 aliphatic rings. The monoisotopic (exact) mass is 459 g/mol. The van der Waals surface area contributed by atoms with Gasteiger partial charge in [-0.1, -0.05) is 12.1 Å². The maximum absolute atomic E-state index is 14.3. The van der Waals surface area contributed by atoms with Crippen molar-refractivity contribution >= 4 is 10.9 Å². The summed E-state index contributed by atoms with van der Waals surface area (Å²) in [5, 5.41) is 22.4. The van der Waals surface area contributed by atoms with Crippen LogP contribution in [0.1, 0.15) is 34.8 Å². The Kier molecular flexibility index (Phi) is 6.64. The van der Waals surface area contributed by atoms with Crippen LogP contribution < -0.4 is 4.74 Å². The standard InChI is InChI=1S/C27H26FN3O3/c1-31(2)12-11-27(32,20-6-4-7-21(28)16-20)25(24-8-5-13-34-24)22-15-19-14-18(17-29)9-10-23(19)30-26(22)33-3/h4-10,13-16,25,32H,11-12H2,1-3H3. The van der Waals surface area contributed by atoms with E-state index in [0.717, 1.165) is 5.39 Å². The first kappa shape index (κ1) is 23.4. The van der Waals surface area contributed by atoms with Crippen molar-refractivity contribution in [3.63, 3.8) is 0 Å². The highest BCUT2D eigenvalue weighted by Gasteiger charge is 2.44. The number of rotatable bonds is 8. The summed E-state index contributed by atoms with van der Waals surface area (Å²) in [6.45, 7) is 0.534. The molecule has 2 unspecified atom stereocenters. The van der Waals surface area contributed by atoms with Gasteiger partial charge in [-0.05, 0) is 74.6 Å². The van der Waals surface area contributed by atoms with Crippen LogP contribution in [0.2, 0.25) is 0 Å². The van der Waals surface area contributed by atoms with E-state index >= 15 is 0 Å². The number of aromatic nitrogens is 1. The fourth-order valence-electron chi connectivity index (χ4n) is 4.32. The van der Waals surface area contributed by atoms with Gasteiger partial charge in [0.2, 0.25) is 5.88 Å². The molecule has 34 heavy (non-hydrogen) atoms. The number of nitrogens with zero attached hydrogens (tertiary/aromatic N) is 3. The summed E-state index contributed by atoms with van der Waals surface area (Å²) < 4.78 is 25.8. The van der Waals surface area contributed by atoms with Gasteiger partial charge in [0.25, 0.3) is 0 Å². The Morgan fingerprint density at radius 3 is 2.65 bits per heavy atom. The Balaban J connectivity index is 2.00. The third kappa shape index (κ3) is 4.51. The van der Waals surface area contributed by atoms with Crippen LogP contribution in [0.5, 0.6) is 5.88 Å². The maximum Gasteiger partial charge on any atom is 0.217 e. The second-order valence-electron chi connectivity index (χ2n) is 8.54. The van der Waals surface area contributed by atoms with Crippen molar-refractivity contribution in [3.05, 3.63) is 95.2 Å². The molecule has 4 aromatic rings. The normalized spacial score (nSPS) is 14.0. The molecule has 0 amide bonds. The maximum atomic E-state index is 14.3. The topological polar surface area (TPSA) is 82.5 Å². The van der Waals surface area contributed by atoms with E-state index in [0.29, 0.717) is 40.4 Å². The van der Waals surface area contributed by atoms with Gasteiger partial charge in [0, 0.05) is 17.5 Å². The van der Waals surface area contributed by atoms with Crippen LogP contribution in [0.3, 0.4) is 0 Å². The molecule has 0 radical (unpaired) electrons. The molecule has 7 heteroatoms. The number of hydrogen-bond acceptors (Lipinski definition) is 6. The molecule has 0 spiro atoms. The largest absolute Gasteiger partial charge is 0.481 e. The number of hydrogen-bond donors (Lipinski definition) is 1. The fraction of sp³-hybridized carbons (Fsp3) is 0.259. The van der Waals surface area contributed by atoms with E-state index in [2.05, 4.69) is 11.1 Å². The van der Waals surface area contributed by atoms with Crippen molar-refractivity contribution in [1.82, 2.24) is 9.88 Å². The lowest BCUT2D eigenvalue weighted by Gasteiger charge is -2.37. The molecule has 0 saturated heterocycles. The summed E-state index contributed by atoms with van der Waals surface area (Å²) in [5.74, 6) is -0.400. The Labute approximate surface area is 197 Å². The Bertz CT molecular complexity index is 1330. The van der Waals surface area contributed by atoms with Crippen molar-refractivity contribution in [3.8, 4) is 11.9 Å². The molecule has 2 atom stereocenters.